The van der Waals surface area contributed by atoms with Gasteiger partial charge in [0.05, 0.1) is 24.3 Å². The number of hydrogen-bond donors (Lipinski definition) is 1. The highest BCUT2D eigenvalue weighted by molar-refractivity contribution is 5.91. The van der Waals surface area contributed by atoms with Crippen molar-refractivity contribution in [2.45, 2.75) is 40.2 Å². The Labute approximate surface area is 107 Å². The molecule has 0 radical (unpaired) electrons. The molecule has 0 unspecified atom stereocenters. The Morgan fingerprint density at radius 3 is 2.28 bits per heavy atom. The van der Waals surface area contributed by atoms with Crippen LogP contribution in [-0.4, -0.2) is 34.5 Å². The van der Waals surface area contributed by atoms with Gasteiger partial charge in [0.1, 0.15) is 0 Å². The minimum absolute atomic E-state index is 0.0169. The van der Waals surface area contributed by atoms with Gasteiger partial charge in [0.15, 0.2) is 0 Å². The SMILES string of the molecule is CC(C)N(CCC#N)C(=O)[C@H]1[C@@H](C(=O)O)C1(C)C. The van der Waals surface area contributed by atoms with E-state index in [2.05, 4.69) is 0 Å². The van der Waals surface area contributed by atoms with Crippen molar-refractivity contribution in [2.75, 3.05) is 6.54 Å². The number of carbonyl (C=O) groups excluding carboxylic acids is 1. The van der Waals surface area contributed by atoms with Crippen LogP contribution in [0.4, 0.5) is 0 Å². The number of nitrogens with zero attached hydrogens (tertiary/aromatic N) is 2. The van der Waals surface area contributed by atoms with E-state index in [-0.39, 0.29) is 18.4 Å². The number of rotatable bonds is 5. The number of nitriles is 1. The molecule has 0 aliphatic heterocycles. The number of carboxylic acid groups (broad SMARTS) is 1. The molecule has 0 aromatic rings. The highest BCUT2D eigenvalue weighted by Gasteiger charge is 2.66. The topological polar surface area (TPSA) is 81.4 Å². The first kappa shape index (κ1) is 14.5. The predicted octanol–water partition coefficient (Wildman–Crippen LogP) is 1.49. The third-order valence-electron chi connectivity index (χ3n) is 3.73. The van der Waals surface area contributed by atoms with Crippen molar-refractivity contribution in [1.29, 1.82) is 5.26 Å². The van der Waals surface area contributed by atoms with Crippen molar-refractivity contribution in [3.8, 4) is 6.07 Å². The second kappa shape index (κ2) is 4.97. The van der Waals surface area contributed by atoms with E-state index < -0.39 is 23.2 Å². The van der Waals surface area contributed by atoms with Crippen LogP contribution in [0.1, 0.15) is 34.1 Å². The first-order valence-corrected chi connectivity index (χ1v) is 6.15. The van der Waals surface area contributed by atoms with Crippen LogP contribution in [0.2, 0.25) is 0 Å². The van der Waals surface area contributed by atoms with E-state index in [0.29, 0.717) is 6.54 Å². The molecule has 5 heteroatoms. The third kappa shape index (κ3) is 2.47. The molecule has 0 saturated heterocycles. The van der Waals surface area contributed by atoms with Gasteiger partial charge in [-0.2, -0.15) is 5.26 Å². The summed E-state index contributed by atoms with van der Waals surface area (Å²) in [5.74, 6) is -2.12. The summed E-state index contributed by atoms with van der Waals surface area (Å²) in [6.45, 7) is 7.72. The van der Waals surface area contributed by atoms with Gasteiger partial charge < -0.3 is 10.0 Å². The number of aliphatic carboxylic acids is 1. The van der Waals surface area contributed by atoms with Crippen LogP contribution in [0, 0.1) is 28.6 Å². The van der Waals surface area contributed by atoms with Crippen LogP contribution in [0.15, 0.2) is 0 Å². The van der Waals surface area contributed by atoms with Gasteiger partial charge in [-0.1, -0.05) is 13.8 Å². The molecule has 0 bridgehead atoms. The van der Waals surface area contributed by atoms with E-state index >= 15 is 0 Å². The van der Waals surface area contributed by atoms with E-state index in [1.165, 1.54) is 0 Å². The maximum absolute atomic E-state index is 12.3. The maximum atomic E-state index is 12.3. The summed E-state index contributed by atoms with van der Waals surface area (Å²) >= 11 is 0. The predicted molar refractivity (Wildman–Crippen MR) is 65.5 cm³/mol. The van der Waals surface area contributed by atoms with Crippen molar-refractivity contribution in [3.63, 3.8) is 0 Å². The van der Waals surface area contributed by atoms with Crippen LogP contribution < -0.4 is 0 Å². The molecule has 0 aromatic heterocycles. The van der Waals surface area contributed by atoms with Crippen molar-refractivity contribution in [2.24, 2.45) is 17.3 Å². The fraction of sp³-hybridized carbons (Fsp3) is 0.769. The van der Waals surface area contributed by atoms with Crippen LogP contribution in [0.5, 0.6) is 0 Å². The largest absolute Gasteiger partial charge is 0.481 e. The van der Waals surface area contributed by atoms with Crippen LogP contribution >= 0.6 is 0 Å². The Balaban J connectivity index is 2.80. The summed E-state index contributed by atoms with van der Waals surface area (Å²) in [6, 6.07) is 1.99. The first-order valence-electron chi connectivity index (χ1n) is 6.15. The fourth-order valence-corrected chi connectivity index (χ4v) is 2.53. The van der Waals surface area contributed by atoms with E-state index in [9.17, 15) is 9.59 Å². The number of hydrogen-bond acceptors (Lipinski definition) is 3. The molecule has 1 N–H and O–H groups in total. The normalized spacial score (nSPS) is 24.4. The summed E-state index contributed by atoms with van der Waals surface area (Å²) < 4.78 is 0. The Morgan fingerprint density at radius 1 is 1.39 bits per heavy atom. The van der Waals surface area contributed by atoms with Crippen molar-refractivity contribution >= 4 is 11.9 Å². The quantitative estimate of drug-likeness (QED) is 0.803. The van der Waals surface area contributed by atoms with Gasteiger partial charge in [-0.25, -0.2) is 0 Å². The zero-order valence-electron chi connectivity index (χ0n) is 11.3. The molecule has 2 atom stereocenters. The summed E-state index contributed by atoms with van der Waals surface area (Å²) in [5.41, 5.74) is -0.483. The van der Waals surface area contributed by atoms with E-state index in [1.54, 1.807) is 18.7 Å². The van der Waals surface area contributed by atoms with Gasteiger partial charge in [0.25, 0.3) is 0 Å². The molecule has 5 nitrogen and oxygen atoms in total. The monoisotopic (exact) mass is 252 g/mol. The molecule has 1 aliphatic rings. The van der Waals surface area contributed by atoms with Gasteiger partial charge in [-0.05, 0) is 19.3 Å². The molecule has 100 valence electrons. The molecule has 0 spiro atoms. The fourth-order valence-electron chi connectivity index (χ4n) is 2.53. The molecule has 0 aromatic carbocycles. The molecule has 0 heterocycles. The summed E-state index contributed by atoms with van der Waals surface area (Å²) in [7, 11) is 0. The zero-order chi connectivity index (χ0) is 14.1. The van der Waals surface area contributed by atoms with Gasteiger partial charge in [0, 0.05) is 12.6 Å². The molecule has 1 saturated carbocycles. The Morgan fingerprint density at radius 2 is 1.94 bits per heavy atom. The standard InChI is InChI=1S/C13H20N2O3/c1-8(2)15(7-5-6-14)11(16)9-10(12(17)18)13(9,3)4/h8-10H,5,7H2,1-4H3,(H,17,18)/t9-,10+/m1/s1. The lowest BCUT2D eigenvalue weighted by molar-refractivity contribution is -0.142. The average molecular weight is 252 g/mol. The first-order chi connectivity index (χ1) is 8.25. The minimum atomic E-state index is -0.915. The highest BCUT2D eigenvalue weighted by atomic mass is 16.4. The summed E-state index contributed by atoms with van der Waals surface area (Å²) in [6.07, 6.45) is 0.273. The minimum Gasteiger partial charge on any atom is -0.481 e. The van der Waals surface area contributed by atoms with Crippen molar-refractivity contribution in [3.05, 3.63) is 0 Å². The zero-order valence-corrected chi connectivity index (χ0v) is 11.3. The molecule has 1 fully saturated rings. The maximum Gasteiger partial charge on any atom is 0.307 e. The number of carboxylic acids is 1. The lowest BCUT2D eigenvalue weighted by Gasteiger charge is -2.26. The van der Waals surface area contributed by atoms with Gasteiger partial charge in [0.2, 0.25) is 5.91 Å². The molecule has 1 rings (SSSR count). The van der Waals surface area contributed by atoms with E-state index in [4.69, 9.17) is 10.4 Å². The van der Waals surface area contributed by atoms with Gasteiger partial charge in [-0.3, -0.25) is 9.59 Å². The van der Waals surface area contributed by atoms with Crippen molar-refractivity contribution < 1.29 is 14.7 Å². The third-order valence-corrected chi connectivity index (χ3v) is 3.73. The smallest absolute Gasteiger partial charge is 0.307 e. The highest BCUT2D eigenvalue weighted by Crippen LogP contribution is 2.59. The molecule has 18 heavy (non-hydrogen) atoms. The Bertz CT molecular complexity index is 396. The molecular weight excluding hydrogens is 232 g/mol. The lowest BCUT2D eigenvalue weighted by Crippen LogP contribution is -2.39. The molecule has 1 aliphatic carbocycles. The van der Waals surface area contributed by atoms with Gasteiger partial charge in [-0.15, -0.1) is 0 Å². The second-order valence-corrected chi connectivity index (χ2v) is 5.65. The van der Waals surface area contributed by atoms with Crippen LogP contribution in [0.3, 0.4) is 0 Å². The van der Waals surface area contributed by atoms with Crippen LogP contribution in [-0.2, 0) is 9.59 Å². The Hall–Kier alpha value is -1.57. The Kier molecular flexibility index (Phi) is 4.00. The van der Waals surface area contributed by atoms with Crippen molar-refractivity contribution in [1.82, 2.24) is 4.90 Å². The lowest BCUT2D eigenvalue weighted by atomic mass is 10.1. The van der Waals surface area contributed by atoms with E-state index in [1.807, 2.05) is 19.9 Å². The van der Waals surface area contributed by atoms with Gasteiger partial charge >= 0.3 is 5.97 Å². The summed E-state index contributed by atoms with van der Waals surface area (Å²) in [5, 5.41) is 17.7. The van der Waals surface area contributed by atoms with E-state index in [0.717, 1.165) is 0 Å². The molecular formula is C13H20N2O3. The number of carbonyl (C=O) groups is 2. The average Bonchev–Trinajstić information content (AvgIpc) is 2.81. The van der Waals surface area contributed by atoms with Crippen LogP contribution in [0.25, 0.3) is 0 Å². The number of amides is 1. The summed E-state index contributed by atoms with van der Waals surface area (Å²) in [4.78, 5) is 25.0. The second-order valence-electron chi connectivity index (χ2n) is 5.65. The molecule has 1 amide bonds.